The molecule has 1 rings (SSSR count). The molecule has 0 amide bonds. The summed E-state index contributed by atoms with van der Waals surface area (Å²) in [5.74, 6) is 4.99. The predicted octanol–water partition coefficient (Wildman–Crippen LogP) is 6.30. The summed E-state index contributed by atoms with van der Waals surface area (Å²) in [4.78, 5) is 0. The van der Waals surface area contributed by atoms with Crippen LogP contribution in [0.1, 0.15) is 86.0 Å². The van der Waals surface area contributed by atoms with Crippen LogP contribution in [-0.2, 0) is 0 Å². The standard InChI is InChI=1S/C18H36/c1-6-10-15(5)16(11-7-2)18-13-9-12-17(18)14(4)8-3/h14-18H,6-13H2,1-5H3. The summed E-state index contributed by atoms with van der Waals surface area (Å²) in [6, 6.07) is 0. The first-order valence-electron chi connectivity index (χ1n) is 8.65. The minimum Gasteiger partial charge on any atom is -0.0654 e. The molecule has 0 radical (unpaired) electrons. The van der Waals surface area contributed by atoms with E-state index in [1.807, 2.05) is 0 Å². The second kappa shape index (κ2) is 8.23. The van der Waals surface area contributed by atoms with E-state index in [-0.39, 0.29) is 0 Å². The van der Waals surface area contributed by atoms with Gasteiger partial charge in [-0.15, -0.1) is 0 Å². The third kappa shape index (κ3) is 4.00. The van der Waals surface area contributed by atoms with Gasteiger partial charge in [-0.25, -0.2) is 0 Å². The second-order valence-electron chi connectivity index (χ2n) is 6.86. The van der Waals surface area contributed by atoms with Crippen LogP contribution in [0.4, 0.5) is 0 Å². The average molecular weight is 252 g/mol. The van der Waals surface area contributed by atoms with Crippen molar-refractivity contribution >= 4 is 0 Å². The van der Waals surface area contributed by atoms with Gasteiger partial charge in [0.15, 0.2) is 0 Å². The Morgan fingerprint density at radius 3 is 2.06 bits per heavy atom. The van der Waals surface area contributed by atoms with Gasteiger partial charge in [0.1, 0.15) is 0 Å². The van der Waals surface area contributed by atoms with Gasteiger partial charge < -0.3 is 0 Å². The van der Waals surface area contributed by atoms with Gasteiger partial charge in [-0.2, -0.15) is 0 Å². The van der Waals surface area contributed by atoms with E-state index < -0.39 is 0 Å². The van der Waals surface area contributed by atoms with Gasteiger partial charge in [-0.1, -0.05) is 73.1 Å². The van der Waals surface area contributed by atoms with Gasteiger partial charge in [-0.05, 0) is 42.4 Å². The van der Waals surface area contributed by atoms with Crippen LogP contribution in [0.2, 0.25) is 0 Å². The molecule has 0 spiro atoms. The maximum Gasteiger partial charge on any atom is -0.0352 e. The van der Waals surface area contributed by atoms with Gasteiger partial charge in [0, 0.05) is 0 Å². The van der Waals surface area contributed by atoms with Crippen LogP contribution >= 0.6 is 0 Å². The van der Waals surface area contributed by atoms with Crippen LogP contribution in [-0.4, -0.2) is 0 Å². The molecular formula is C18H36. The molecule has 0 aromatic rings. The summed E-state index contributed by atoms with van der Waals surface area (Å²) in [5, 5.41) is 0. The summed E-state index contributed by atoms with van der Waals surface area (Å²) in [6.45, 7) is 12.1. The highest BCUT2D eigenvalue weighted by atomic mass is 14.4. The minimum absolute atomic E-state index is 0.949. The van der Waals surface area contributed by atoms with Crippen molar-refractivity contribution in [1.29, 1.82) is 0 Å². The lowest BCUT2D eigenvalue weighted by Crippen LogP contribution is -2.28. The average Bonchev–Trinajstić information content (AvgIpc) is 2.84. The second-order valence-corrected chi connectivity index (χ2v) is 6.86. The van der Waals surface area contributed by atoms with Gasteiger partial charge in [0.05, 0.1) is 0 Å². The zero-order valence-electron chi connectivity index (χ0n) is 13.5. The molecule has 0 aromatic carbocycles. The third-order valence-electron chi connectivity index (χ3n) is 5.65. The van der Waals surface area contributed by atoms with E-state index in [2.05, 4.69) is 34.6 Å². The highest BCUT2D eigenvalue weighted by molar-refractivity contribution is 4.87. The molecule has 5 atom stereocenters. The highest BCUT2D eigenvalue weighted by Gasteiger charge is 2.37. The third-order valence-corrected chi connectivity index (χ3v) is 5.65. The van der Waals surface area contributed by atoms with Crippen molar-refractivity contribution in [3.63, 3.8) is 0 Å². The van der Waals surface area contributed by atoms with Gasteiger partial charge in [-0.3, -0.25) is 0 Å². The van der Waals surface area contributed by atoms with Crippen LogP contribution in [0.5, 0.6) is 0 Å². The summed E-state index contributed by atoms with van der Waals surface area (Å²) < 4.78 is 0. The molecule has 0 aliphatic heterocycles. The minimum atomic E-state index is 0.949. The topological polar surface area (TPSA) is 0 Å². The fourth-order valence-corrected chi connectivity index (χ4v) is 4.48. The van der Waals surface area contributed by atoms with Crippen molar-refractivity contribution in [2.24, 2.45) is 29.6 Å². The maximum absolute atomic E-state index is 2.52. The van der Waals surface area contributed by atoms with E-state index in [1.54, 1.807) is 0 Å². The highest BCUT2D eigenvalue weighted by Crippen LogP contribution is 2.46. The van der Waals surface area contributed by atoms with E-state index in [0.29, 0.717) is 0 Å². The molecule has 1 aliphatic carbocycles. The van der Waals surface area contributed by atoms with Gasteiger partial charge in [0.25, 0.3) is 0 Å². The van der Waals surface area contributed by atoms with Crippen molar-refractivity contribution in [2.75, 3.05) is 0 Å². The van der Waals surface area contributed by atoms with Crippen molar-refractivity contribution in [2.45, 2.75) is 86.0 Å². The molecule has 0 N–H and O–H groups in total. The van der Waals surface area contributed by atoms with E-state index in [9.17, 15) is 0 Å². The van der Waals surface area contributed by atoms with Crippen LogP contribution in [0.15, 0.2) is 0 Å². The zero-order chi connectivity index (χ0) is 13.5. The number of hydrogen-bond donors (Lipinski definition) is 0. The largest absolute Gasteiger partial charge is 0.0654 e. The van der Waals surface area contributed by atoms with E-state index in [1.165, 1.54) is 51.4 Å². The molecule has 0 saturated heterocycles. The molecule has 1 fully saturated rings. The molecule has 0 heteroatoms. The van der Waals surface area contributed by atoms with Crippen molar-refractivity contribution in [3.8, 4) is 0 Å². The van der Waals surface area contributed by atoms with Crippen LogP contribution in [0.25, 0.3) is 0 Å². The fourth-order valence-electron chi connectivity index (χ4n) is 4.48. The summed E-state index contributed by atoms with van der Waals surface area (Å²) in [6.07, 6.45) is 11.6. The van der Waals surface area contributed by atoms with Crippen molar-refractivity contribution in [1.82, 2.24) is 0 Å². The first-order valence-corrected chi connectivity index (χ1v) is 8.65. The molecular weight excluding hydrogens is 216 g/mol. The summed E-state index contributed by atoms with van der Waals surface area (Å²) in [5.41, 5.74) is 0. The quantitative estimate of drug-likeness (QED) is 0.475. The first-order chi connectivity index (χ1) is 8.65. The molecule has 1 saturated carbocycles. The van der Waals surface area contributed by atoms with Crippen LogP contribution in [0.3, 0.4) is 0 Å². The molecule has 0 heterocycles. The first kappa shape index (κ1) is 16.1. The lowest BCUT2D eigenvalue weighted by Gasteiger charge is -2.35. The zero-order valence-corrected chi connectivity index (χ0v) is 13.5. The van der Waals surface area contributed by atoms with E-state index in [4.69, 9.17) is 0 Å². The van der Waals surface area contributed by atoms with Crippen LogP contribution < -0.4 is 0 Å². The molecule has 0 aromatic heterocycles. The number of hydrogen-bond acceptors (Lipinski definition) is 0. The normalized spacial score (nSPS) is 29.2. The Labute approximate surface area is 116 Å². The SMILES string of the molecule is CCCC(C)C(CCC)C1CCCC1C(C)CC. The Morgan fingerprint density at radius 2 is 1.50 bits per heavy atom. The van der Waals surface area contributed by atoms with Crippen molar-refractivity contribution in [3.05, 3.63) is 0 Å². The Hall–Kier alpha value is 0. The molecule has 1 aliphatic rings. The van der Waals surface area contributed by atoms with Crippen molar-refractivity contribution < 1.29 is 0 Å². The monoisotopic (exact) mass is 252 g/mol. The van der Waals surface area contributed by atoms with Gasteiger partial charge >= 0.3 is 0 Å². The summed E-state index contributed by atoms with van der Waals surface area (Å²) in [7, 11) is 0. The lowest BCUT2D eigenvalue weighted by molar-refractivity contribution is 0.138. The van der Waals surface area contributed by atoms with Gasteiger partial charge in [0.2, 0.25) is 0 Å². The molecule has 0 bridgehead atoms. The fraction of sp³-hybridized carbons (Fsp3) is 1.00. The predicted molar refractivity (Wildman–Crippen MR) is 82.8 cm³/mol. The Balaban J connectivity index is 2.70. The lowest BCUT2D eigenvalue weighted by atomic mass is 9.70. The van der Waals surface area contributed by atoms with E-state index in [0.717, 1.165) is 29.6 Å². The van der Waals surface area contributed by atoms with Crippen LogP contribution in [0, 0.1) is 29.6 Å². The Bertz CT molecular complexity index is 208. The smallest absolute Gasteiger partial charge is 0.0352 e. The van der Waals surface area contributed by atoms with E-state index >= 15 is 0 Å². The molecule has 0 nitrogen and oxygen atoms in total. The summed E-state index contributed by atoms with van der Waals surface area (Å²) >= 11 is 0. The maximum atomic E-state index is 2.52. The molecule has 5 unspecified atom stereocenters. The number of rotatable bonds is 8. The Morgan fingerprint density at radius 1 is 0.889 bits per heavy atom. The molecule has 108 valence electrons. The Kier molecular flexibility index (Phi) is 7.34. The molecule has 18 heavy (non-hydrogen) atoms.